The molecule has 0 bridgehead atoms. The van der Waals surface area contributed by atoms with Crippen LogP contribution in [0, 0.1) is 23.3 Å². The van der Waals surface area contributed by atoms with Crippen LogP contribution in [0.2, 0.25) is 19.6 Å². The van der Waals surface area contributed by atoms with E-state index in [-0.39, 0.29) is 22.2 Å². The van der Waals surface area contributed by atoms with E-state index in [9.17, 15) is 19.2 Å². The predicted octanol–water partition coefficient (Wildman–Crippen LogP) is 8.53. The summed E-state index contributed by atoms with van der Waals surface area (Å²) in [6.07, 6.45) is 0. The highest BCUT2D eigenvalue weighted by Crippen LogP contribution is 2.38. The molecule has 0 fully saturated rings. The minimum absolute atomic E-state index is 0.304. The number of nitrogens with zero attached hydrogens (tertiary/aromatic N) is 2. The molecule has 0 atom stereocenters. The molecule has 0 unspecified atom stereocenters. The van der Waals surface area contributed by atoms with Gasteiger partial charge in [-0.25, -0.2) is 0 Å². The Labute approximate surface area is 320 Å². The molecule has 0 saturated heterocycles. The van der Waals surface area contributed by atoms with Gasteiger partial charge in [0.15, 0.2) is 0 Å². The lowest BCUT2D eigenvalue weighted by atomic mass is 9.88. The van der Waals surface area contributed by atoms with Gasteiger partial charge in [-0.15, -0.1) is 5.54 Å². The van der Waals surface area contributed by atoms with Crippen LogP contribution >= 0.6 is 0 Å². The summed E-state index contributed by atoms with van der Waals surface area (Å²) in [4.78, 5) is 52.9. The smallest absolute Gasteiger partial charge is 0.261 e. The van der Waals surface area contributed by atoms with Gasteiger partial charge in [-0.2, -0.15) is 0 Å². The molecular weight excluding hydrogens is 709 g/mol. The van der Waals surface area contributed by atoms with Gasteiger partial charge in [0.25, 0.3) is 22.2 Å². The van der Waals surface area contributed by atoms with Crippen LogP contribution in [0.4, 0.5) is 0 Å². The molecule has 0 aliphatic heterocycles. The fraction of sp³-hybridized carbons (Fsp3) is 0.102. The topological polar surface area (TPSA) is 78.1 Å². The first kappa shape index (κ1) is 33.5. The predicted molar refractivity (Wildman–Crippen MR) is 235 cm³/mol. The Balaban J connectivity index is 1.40. The molecule has 0 spiro atoms. The van der Waals surface area contributed by atoms with E-state index in [1.165, 1.54) is 14.1 Å². The lowest BCUT2D eigenvalue weighted by Gasteiger charge is -2.14. The van der Waals surface area contributed by atoms with Crippen molar-refractivity contribution in [3.63, 3.8) is 0 Å². The third-order valence-corrected chi connectivity index (χ3v) is 12.0. The minimum atomic E-state index is -1.77. The largest absolute Gasteiger partial charge is 0.277 e. The average molecular weight is 741 g/mol. The van der Waals surface area contributed by atoms with Crippen LogP contribution in [-0.2, 0) is 14.1 Å². The molecule has 8 aromatic carbocycles. The number of rotatable bonds is 0. The van der Waals surface area contributed by atoms with Crippen LogP contribution in [0.15, 0.2) is 122 Å². The first-order chi connectivity index (χ1) is 26.9. The summed E-state index contributed by atoms with van der Waals surface area (Å²) in [5.41, 5.74) is 4.53. The van der Waals surface area contributed by atoms with Gasteiger partial charge in [-0.3, -0.25) is 28.3 Å². The van der Waals surface area contributed by atoms with Crippen LogP contribution < -0.4 is 22.2 Å². The highest BCUT2D eigenvalue weighted by Gasteiger charge is 2.19. The van der Waals surface area contributed by atoms with E-state index in [0.717, 1.165) is 63.4 Å². The van der Waals surface area contributed by atoms with Gasteiger partial charge in [-0.05, 0) is 119 Å². The summed E-state index contributed by atoms with van der Waals surface area (Å²) in [6, 6.07) is 34.3. The highest BCUT2D eigenvalue weighted by atomic mass is 28.3. The van der Waals surface area contributed by atoms with Gasteiger partial charge in [0.1, 0.15) is 8.07 Å². The third-order valence-electron chi connectivity index (χ3n) is 11.1. The molecule has 10 aromatic rings. The molecular formula is C49H32N2O4Si. The molecule has 0 radical (unpaired) electrons. The Hall–Kier alpha value is -7.06. The van der Waals surface area contributed by atoms with Gasteiger partial charge < -0.3 is 0 Å². The maximum Gasteiger partial charge on any atom is 0.261 e. The van der Waals surface area contributed by atoms with Crippen molar-refractivity contribution in [3.05, 3.63) is 161 Å². The van der Waals surface area contributed by atoms with Crippen molar-refractivity contribution in [1.82, 2.24) is 9.13 Å². The van der Waals surface area contributed by atoms with Crippen LogP contribution in [0.25, 0.3) is 86.2 Å². The fourth-order valence-corrected chi connectivity index (χ4v) is 8.71. The van der Waals surface area contributed by atoms with Crippen LogP contribution in [0.3, 0.4) is 0 Å². The summed E-state index contributed by atoms with van der Waals surface area (Å²) >= 11 is 0. The van der Waals surface area contributed by atoms with Crippen molar-refractivity contribution in [1.29, 1.82) is 0 Å². The molecule has 10 rings (SSSR count). The molecule has 0 amide bonds. The molecule has 56 heavy (non-hydrogen) atoms. The summed E-state index contributed by atoms with van der Waals surface area (Å²) in [7, 11) is 1.18. The van der Waals surface area contributed by atoms with Crippen molar-refractivity contribution in [3.8, 4) is 23.3 Å². The van der Waals surface area contributed by atoms with E-state index in [1.807, 2.05) is 30.3 Å². The van der Waals surface area contributed by atoms with Gasteiger partial charge in [0.05, 0.1) is 21.5 Å². The molecule has 7 heteroatoms. The Morgan fingerprint density at radius 1 is 0.375 bits per heavy atom. The standard InChI is InChI=1S/C49H32N2O4Si/c1-50-46(52)42-23-31-18-32-24-43-45(49(55)51(2)47(43)53)26-37(32)33(36(31)25-44(42)48(50)54)14-15-34-38-19-27-10-6-8-12-29(27)21-40(38)35(16-17-56(3,4)5)41-22-30-13-9-7-11-28(30)20-39(34)41/h6-13,18-26H,1-5H3. The average Bonchev–Trinajstić information content (AvgIpc) is 3.52. The quantitative estimate of drug-likeness (QED) is 0.0888. The van der Waals surface area contributed by atoms with E-state index < -0.39 is 8.07 Å². The van der Waals surface area contributed by atoms with Crippen LogP contribution in [-0.4, -0.2) is 17.2 Å². The summed E-state index contributed by atoms with van der Waals surface area (Å²) in [5, 5.41) is 12.3. The summed E-state index contributed by atoms with van der Waals surface area (Å²) < 4.78 is 2.24. The van der Waals surface area contributed by atoms with Gasteiger partial charge in [-0.1, -0.05) is 85.9 Å². The maximum absolute atomic E-state index is 13.3. The lowest BCUT2D eigenvalue weighted by molar-refractivity contribution is 0.856. The van der Waals surface area contributed by atoms with E-state index in [4.69, 9.17) is 0 Å². The summed E-state index contributed by atoms with van der Waals surface area (Å²) in [5.74, 6) is 10.9. The van der Waals surface area contributed by atoms with Crippen molar-refractivity contribution >= 4 is 94.3 Å². The number of hydrogen-bond donors (Lipinski definition) is 0. The molecule has 2 aromatic heterocycles. The van der Waals surface area contributed by atoms with Crippen LogP contribution in [0.5, 0.6) is 0 Å². The zero-order valence-corrected chi connectivity index (χ0v) is 32.3. The Kier molecular flexibility index (Phi) is 7.01. The van der Waals surface area contributed by atoms with E-state index >= 15 is 0 Å². The zero-order valence-electron chi connectivity index (χ0n) is 31.3. The molecule has 0 aliphatic rings. The second-order valence-electron chi connectivity index (χ2n) is 15.8. The molecule has 6 nitrogen and oxygen atoms in total. The fourth-order valence-electron chi connectivity index (χ4n) is 8.21. The van der Waals surface area contributed by atoms with Crippen molar-refractivity contribution in [2.75, 3.05) is 0 Å². The summed E-state index contributed by atoms with van der Waals surface area (Å²) in [6.45, 7) is 6.74. The van der Waals surface area contributed by atoms with Gasteiger partial charge in [0.2, 0.25) is 0 Å². The minimum Gasteiger partial charge on any atom is -0.277 e. The third kappa shape index (κ3) is 4.92. The molecule has 0 saturated carbocycles. The molecule has 0 aliphatic carbocycles. The molecule has 0 N–H and O–H groups in total. The molecule has 2 heterocycles. The number of benzene rings is 8. The number of fused-ring (bicyclic) bond motifs is 8. The highest BCUT2D eigenvalue weighted by molar-refractivity contribution is 6.84. The van der Waals surface area contributed by atoms with E-state index in [0.29, 0.717) is 48.7 Å². The Morgan fingerprint density at radius 3 is 1.04 bits per heavy atom. The van der Waals surface area contributed by atoms with Crippen molar-refractivity contribution in [2.24, 2.45) is 14.1 Å². The number of aromatic nitrogens is 2. The van der Waals surface area contributed by atoms with Crippen LogP contribution in [0.1, 0.15) is 16.7 Å². The van der Waals surface area contributed by atoms with Gasteiger partial charge >= 0.3 is 0 Å². The lowest BCUT2D eigenvalue weighted by Crippen LogP contribution is -2.20. The number of hydrogen-bond acceptors (Lipinski definition) is 4. The van der Waals surface area contributed by atoms with Gasteiger partial charge in [0, 0.05) is 30.8 Å². The Bertz CT molecular complexity index is 3590. The normalized spacial score (nSPS) is 12.0. The first-order valence-corrected chi connectivity index (χ1v) is 22.0. The monoisotopic (exact) mass is 740 g/mol. The first-order valence-electron chi connectivity index (χ1n) is 18.5. The van der Waals surface area contributed by atoms with Crippen molar-refractivity contribution in [2.45, 2.75) is 19.6 Å². The molecule has 266 valence electrons. The van der Waals surface area contributed by atoms with E-state index in [2.05, 4.69) is 91.5 Å². The second kappa shape index (κ2) is 11.7. The second-order valence-corrected chi connectivity index (χ2v) is 20.6. The zero-order chi connectivity index (χ0) is 38.8. The Morgan fingerprint density at radius 2 is 0.679 bits per heavy atom. The SMILES string of the molecule is Cn1c(=O)c2cc3cc4cc5c(=O)n(C)c(=O)c5cc4c(C#Cc4c5cc6ccccc6cc5c(C#C[Si](C)(C)C)c5cc6ccccc6cc45)c3cc2c1=O. The maximum atomic E-state index is 13.3. The van der Waals surface area contributed by atoms with E-state index in [1.54, 1.807) is 24.3 Å². The van der Waals surface area contributed by atoms with Crippen molar-refractivity contribution < 1.29 is 0 Å².